The van der Waals surface area contributed by atoms with Crippen LogP contribution in [0.15, 0.2) is 58.1 Å². The largest absolute Gasteiger partial charge is 0.618 e. The fourth-order valence-electron chi connectivity index (χ4n) is 2.62. The molecule has 0 aliphatic carbocycles. The molecule has 3 rings (SSSR count). The zero-order valence-electron chi connectivity index (χ0n) is 13.5. The summed E-state index contributed by atoms with van der Waals surface area (Å²) < 4.78 is 6.62. The third kappa shape index (κ3) is 3.38. The molecule has 1 unspecified atom stereocenters. The van der Waals surface area contributed by atoms with Crippen molar-refractivity contribution in [1.29, 1.82) is 0 Å². The maximum atomic E-state index is 12.2. The van der Waals surface area contributed by atoms with Gasteiger partial charge in [-0.15, -0.1) is 0 Å². The van der Waals surface area contributed by atoms with Gasteiger partial charge in [-0.2, -0.15) is 4.73 Å². The number of fused-ring (bicyclic) bond motifs is 1. The van der Waals surface area contributed by atoms with E-state index in [9.17, 15) is 10.0 Å². The number of aromatic nitrogens is 1. The van der Waals surface area contributed by atoms with Crippen LogP contribution in [0.3, 0.4) is 0 Å². The van der Waals surface area contributed by atoms with E-state index in [0.717, 1.165) is 27.0 Å². The van der Waals surface area contributed by atoms with E-state index in [-0.39, 0.29) is 17.7 Å². The summed E-state index contributed by atoms with van der Waals surface area (Å²) in [7, 11) is 0. The Hall–Kier alpha value is -2.47. The second kappa shape index (κ2) is 6.97. The molecule has 0 aliphatic rings. The molecule has 1 amide bonds. The van der Waals surface area contributed by atoms with Gasteiger partial charge in [0.05, 0.1) is 11.8 Å². The van der Waals surface area contributed by atoms with E-state index in [1.807, 2.05) is 38.1 Å². The summed E-state index contributed by atoms with van der Waals surface area (Å²) in [5, 5.41) is 16.0. The number of benzene rings is 1. The average Bonchev–Trinajstić information content (AvgIpc) is 2.92. The Morgan fingerprint density at radius 3 is 2.79 bits per heavy atom. The lowest BCUT2D eigenvalue weighted by atomic mass is 10.1. The predicted octanol–water partition coefficient (Wildman–Crippen LogP) is 3.34. The molecule has 24 heavy (non-hydrogen) atoms. The quantitative estimate of drug-likeness (QED) is 0.439. The average molecular weight is 342 g/mol. The van der Waals surface area contributed by atoms with Crippen molar-refractivity contribution in [2.75, 3.05) is 5.75 Å². The molecule has 0 fully saturated rings. The van der Waals surface area contributed by atoms with Crippen LogP contribution in [-0.2, 0) is 4.79 Å². The maximum Gasteiger partial charge on any atom is 0.251 e. The van der Waals surface area contributed by atoms with Crippen LogP contribution >= 0.6 is 11.8 Å². The van der Waals surface area contributed by atoms with Crippen molar-refractivity contribution < 1.29 is 13.9 Å². The minimum absolute atomic E-state index is 0.142. The number of carbonyl (C=O) groups excluding carboxylic acids is 1. The van der Waals surface area contributed by atoms with E-state index in [2.05, 4.69) is 5.32 Å². The third-order valence-electron chi connectivity index (χ3n) is 3.79. The van der Waals surface area contributed by atoms with E-state index in [1.54, 1.807) is 18.2 Å². The number of furan rings is 1. The van der Waals surface area contributed by atoms with Gasteiger partial charge >= 0.3 is 0 Å². The molecule has 3 aromatic rings. The summed E-state index contributed by atoms with van der Waals surface area (Å²) in [5.74, 6) is 0.792. The Bertz CT molecular complexity index is 876. The van der Waals surface area contributed by atoms with Crippen LogP contribution in [0.1, 0.15) is 24.3 Å². The van der Waals surface area contributed by atoms with Crippen molar-refractivity contribution in [3.63, 3.8) is 0 Å². The van der Waals surface area contributed by atoms with Gasteiger partial charge in [0.25, 0.3) is 5.03 Å². The van der Waals surface area contributed by atoms with Crippen LogP contribution in [0, 0.1) is 12.1 Å². The number of nitrogens with one attached hydrogen (secondary N) is 1. The topological polar surface area (TPSA) is 69.2 Å². The van der Waals surface area contributed by atoms with Crippen molar-refractivity contribution in [1.82, 2.24) is 5.32 Å². The zero-order chi connectivity index (χ0) is 17.1. The highest BCUT2D eigenvalue weighted by Gasteiger charge is 2.18. The first kappa shape index (κ1) is 16.4. The van der Waals surface area contributed by atoms with E-state index >= 15 is 0 Å². The van der Waals surface area contributed by atoms with Gasteiger partial charge < -0.3 is 14.9 Å². The minimum atomic E-state index is -0.236. The first-order valence-electron chi connectivity index (χ1n) is 7.64. The Morgan fingerprint density at radius 1 is 1.29 bits per heavy atom. The fraction of sp³-hybridized carbons (Fsp3) is 0.222. The molecule has 124 valence electrons. The first-order valence-corrected chi connectivity index (χ1v) is 8.63. The first-order chi connectivity index (χ1) is 11.6. The second-order valence-electron chi connectivity index (χ2n) is 5.53. The molecular formula is C18H18N2O3S. The molecule has 2 heterocycles. The summed E-state index contributed by atoms with van der Waals surface area (Å²) in [4.78, 5) is 12.2. The SMILES string of the molecule is Cc1c(C(C)NC(=O)CSc2cccc[n+]2[O-])oc2ccccc12. The highest BCUT2D eigenvalue weighted by atomic mass is 32.2. The number of para-hydroxylation sites is 1. The molecule has 0 bridgehead atoms. The fourth-order valence-corrected chi connectivity index (χ4v) is 3.34. The monoisotopic (exact) mass is 342 g/mol. The van der Waals surface area contributed by atoms with Crippen LogP contribution < -0.4 is 10.0 Å². The van der Waals surface area contributed by atoms with Gasteiger partial charge in [-0.1, -0.05) is 18.2 Å². The van der Waals surface area contributed by atoms with Gasteiger partial charge in [-0.3, -0.25) is 4.79 Å². The Labute approximate surface area is 144 Å². The smallest absolute Gasteiger partial charge is 0.251 e. The van der Waals surface area contributed by atoms with Crippen LogP contribution in [0.2, 0.25) is 0 Å². The van der Waals surface area contributed by atoms with Crippen LogP contribution in [0.4, 0.5) is 0 Å². The number of rotatable bonds is 5. The van der Waals surface area contributed by atoms with Crippen molar-refractivity contribution in [3.05, 3.63) is 65.2 Å². The Balaban J connectivity index is 1.65. The van der Waals surface area contributed by atoms with Gasteiger partial charge in [0, 0.05) is 23.1 Å². The number of pyridine rings is 1. The lowest BCUT2D eigenvalue weighted by Crippen LogP contribution is -2.31. The molecule has 0 radical (unpaired) electrons. The molecule has 5 nitrogen and oxygen atoms in total. The minimum Gasteiger partial charge on any atom is -0.618 e. The molecule has 6 heteroatoms. The summed E-state index contributed by atoms with van der Waals surface area (Å²) in [6.45, 7) is 3.88. The van der Waals surface area contributed by atoms with Crippen molar-refractivity contribution in [2.24, 2.45) is 0 Å². The molecule has 1 N–H and O–H groups in total. The highest BCUT2D eigenvalue weighted by molar-refractivity contribution is 7.99. The second-order valence-corrected chi connectivity index (χ2v) is 6.53. The summed E-state index contributed by atoms with van der Waals surface area (Å²) in [6.07, 6.45) is 1.42. The van der Waals surface area contributed by atoms with E-state index in [0.29, 0.717) is 5.03 Å². The normalized spacial score (nSPS) is 12.2. The number of carbonyl (C=O) groups is 1. The van der Waals surface area contributed by atoms with Gasteiger partial charge in [0.2, 0.25) is 5.91 Å². The number of nitrogens with zero attached hydrogens (tertiary/aromatic N) is 1. The highest BCUT2D eigenvalue weighted by Crippen LogP contribution is 2.29. The predicted molar refractivity (Wildman–Crippen MR) is 93.6 cm³/mol. The number of aryl methyl sites for hydroxylation is 1. The van der Waals surface area contributed by atoms with Crippen LogP contribution in [0.25, 0.3) is 11.0 Å². The molecule has 2 aromatic heterocycles. The van der Waals surface area contributed by atoms with Crippen molar-refractivity contribution in [2.45, 2.75) is 24.9 Å². The molecule has 0 spiro atoms. The number of hydrogen-bond acceptors (Lipinski definition) is 4. The van der Waals surface area contributed by atoms with Crippen molar-refractivity contribution in [3.8, 4) is 0 Å². The third-order valence-corrected chi connectivity index (χ3v) is 4.81. The summed E-state index contributed by atoms with van der Waals surface area (Å²) in [5.41, 5.74) is 1.85. The van der Waals surface area contributed by atoms with E-state index < -0.39 is 0 Å². The van der Waals surface area contributed by atoms with Gasteiger partial charge in [0.15, 0.2) is 6.20 Å². The summed E-state index contributed by atoms with van der Waals surface area (Å²) >= 11 is 1.21. The number of hydrogen-bond donors (Lipinski definition) is 1. The number of amides is 1. The van der Waals surface area contributed by atoms with Gasteiger partial charge in [-0.05, 0) is 37.7 Å². The molecule has 1 atom stereocenters. The summed E-state index contributed by atoms with van der Waals surface area (Å²) in [6, 6.07) is 12.7. The molecule has 1 aromatic carbocycles. The maximum absolute atomic E-state index is 12.2. The lowest BCUT2D eigenvalue weighted by Gasteiger charge is -2.12. The molecular weight excluding hydrogens is 324 g/mol. The van der Waals surface area contributed by atoms with Gasteiger partial charge in [-0.25, -0.2) is 0 Å². The Morgan fingerprint density at radius 2 is 2.04 bits per heavy atom. The molecule has 0 aliphatic heterocycles. The van der Waals surface area contributed by atoms with Crippen LogP contribution in [-0.4, -0.2) is 11.7 Å². The standard InChI is InChI=1S/C18H18N2O3S/c1-12-14-7-3-4-8-15(14)23-18(12)13(2)19-16(21)11-24-17-9-5-6-10-20(17)22/h3-10,13H,11H2,1-2H3,(H,19,21). The van der Waals surface area contributed by atoms with Crippen LogP contribution in [0.5, 0.6) is 0 Å². The van der Waals surface area contributed by atoms with E-state index in [4.69, 9.17) is 4.42 Å². The van der Waals surface area contributed by atoms with E-state index in [1.165, 1.54) is 18.0 Å². The Kier molecular flexibility index (Phi) is 4.76. The zero-order valence-corrected chi connectivity index (χ0v) is 14.3. The van der Waals surface area contributed by atoms with Gasteiger partial charge in [0.1, 0.15) is 11.3 Å². The molecule has 0 saturated heterocycles. The molecule has 0 saturated carbocycles. The number of thioether (sulfide) groups is 1. The van der Waals surface area contributed by atoms with Crippen molar-refractivity contribution >= 4 is 28.6 Å². The lowest BCUT2D eigenvalue weighted by molar-refractivity contribution is -0.645.